The molecule has 2 aromatic rings. The van der Waals surface area contributed by atoms with Gasteiger partial charge in [-0.25, -0.2) is 4.79 Å². The maximum absolute atomic E-state index is 11.8. The van der Waals surface area contributed by atoms with Crippen LogP contribution in [0.4, 0.5) is 0 Å². The molecule has 44 heavy (non-hydrogen) atoms. The summed E-state index contributed by atoms with van der Waals surface area (Å²) in [5.74, 6) is -1.48. The summed E-state index contributed by atoms with van der Waals surface area (Å²) < 4.78 is 15.0. The molecule has 15 nitrogen and oxygen atoms in total. The Morgan fingerprint density at radius 1 is 0.886 bits per heavy atom. The van der Waals surface area contributed by atoms with Crippen LogP contribution in [0.2, 0.25) is 0 Å². The van der Waals surface area contributed by atoms with E-state index in [1.54, 1.807) is 6.07 Å². The van der Waals surface area contributed by atoms with Crippen LogP contribution in [-0.2, 0) is 25.4 Å². The normalized spacial score (nSPS) is 28.3. The Labute approximate surface area is 252 Å². The van der Waals surface area contributed by atoms with Crippen molar-refractivity contribution >= 4 is 12.0 Å². The van der Waals surface area contributed by atoms with Gasteiger partial charge < -0.3 is 70.4 Å². The molecule has 0 amide bonds. The summed E-state index contributed by atoms with van der Waals surface area (Å²) >= 11 is 0. The molecular formula is C29H40O15. The number of hydrogen-bond acceptors (Lipinski definition) is 15. The minimum Gasteiger partial charge on any atom is -0.504 e. The molecular weight excluding hydrogens is 588 g/mol. The number of ether oxygens (including phenoxy) is 3. The van der Waals surface area contributed by atoms with E-state index >= 15 is 0 Å². The van der Waals surface area contributed by atoms with Crippen LogP contribution in [-0.4, -0.2) is 131 Å². The van der Waals surface area contributed by atoms with Gasteiger partial charge in [0.25, 0.3) is 0 Å². The lowest BCUT2D eigenvalue weighted by Crippen LogP contribution is -2.56. The van der Waals surface area contributed by atoms with Crippen molar-refractivity contribution in [3.05, 3.63) is 53.6 Å². The SMILES string of the molecule is CC1O[C@H](O)C(O)C(O)[C@@H]1O.O=C(/C=C/c1ccc(O)c(O)c1)OC1CC(O)CO[C@H]1CO.OCCc1ccc(O)c(O)c1. The number of hydrogen-bond donors (Lipinski definition) is 11. The largest absolute Gasteiger partial charge is 0.504 e. The van der Waals surface area contributed by atoms with Crippen molar-refractivity contribution in [2.24, 2.45) is 0 Å². The first-order valence-corrected chi connectivity index (χ1v) is 13.6. The molecule has 0 aliphatic carbocycles. The number of phenols is 4. The van der Waals surface area contributed by atoms with Crippen molar-refractivity contribution in [1.82, 2.24) is 0 Å². The van der Waals surface area contributed by atoms with Crippen molar-refractivity contribution in [2.45, 2.75) is 68.8 Å². The molecule has 8 atom stereocenters. The molecule has 2 heterocycles. The smallest absolute Gasteiger partial charge is 0.331 e. The molecule has 2 aliphatic rings. The van der Waals surface area contributed by atoms with Gasteiger partial charge in [0, 0.05) is 19.1 Å². The minimum atomic E-state index is -1.43. The van der Waals surface area contributed by atoms with E-state index in [1.807, 2.05) is 0 Å². The minimum absolute atomic E-state index is 0.0458. The molecule has 15 heteroatoms. The second kappa shape index (κ2) is 17.7. The molecule has 0 radical (unpaired) electrons. The Kier molecular flexibility index (Phi) is 14.8. The van der Waals surface area contributed by atoms with Gasteiger partial charge in [0.05, 0.1) is 25.4 Å². The summed E-state index contributed by atoms with van der Waals surface area (Å²) in [6.07, 6.45) is -4.85. The molecule has 5 unspecified atom stereocenters. The molecule has 2 aliphatic heterocycles. The lowest BCUT2D eigenvalue weighted by atomic mass is 10.0. The van der Waals surface area contributed by atoms with E-state index in [4.69, 9.17) is 50.3 Å². The third-order valence-electron chi connectivity index (χ3n) is 6.55. The third kappa shape index (κ3) is 11.2. The zero-order valence-electron chi connectivity index (χ0n) is 23.8. The van der Waals surface area contributed by atoms with Crippen molar-refractivity contribution in [2.75, 3.05) is 19.8 Å². The Balaban J connectivity index is 0.000000257. The van der Waals surface area contributed by atoms with Crippen LogP contribution >= 0.6 is 0 Å². The number of esters is 1. The lowest BCUT2D eigenvalue weighted by molar-refractivity contribution is -0.277. The highest BCUT2D eigenvalue weighted by atomic mass is 16.6. The maximum Gasteiger partial charge on any atom is 0.331 e. The van der Waals surface area contributed by atoms with Crippen LogP contribution in [0.25, 0.3) is 6.08 Å². The van der Waals surface area contributed by atoms with E-state index < -0.39 is 55.0 Å². The van der Waals surface area contributed by atoms with E-state index in [9.17, 15) is 20.1 Å². The molecule has 2 aromatic carbocycles. The Bertz CT molecular complexity index is 1190. The highest BCUT2D eigenvalue weighted by Gasteiger charge is 2.40. The Morgan fingerprint density at radius 3 is 2.11 bits per heavy atom. The zero-order chi connectivity index (χ0) is 33.0. The van der Waals surface area contributed by atoms with Crippen LogP contribution in [0.1, 0.15) is 24.5 Å². The fourth-order valence-corrected chi connectivity index (χ4v) is 4.00. The second-order valence-corrected chi connectivity index (χ2v) is 10.0. The maximum atomic E-state index is 11.8. The predicted molar refractivity (Wildman–Crippen MR) is 151 cm³/mol. The number of benzene rings is 2. The first kappa shape index (κ1) is 36.7. The van der Waals surface area contributed by atoms with Gasteiger partial charge in [-0.2, -0.15) is 0 Å². The molecule has 4 rings (SSSR count). The first-order chi connectivity index (χ1) is 20.8. The molecule has 0 aromatic heterocycles. The van der Waals surface area contributed by atoms with E-state index in [2.05, 4.69) is 4.74 Å². The average molecular weight is 629 g/mol. The Morgan fingerprint density at radius 2 is 1.52 bits per heavy atom. The van der Waals surface area contributed by atoms with Gasteiger partial charge >= 0.3 is 5.97 Å². The van der Waals surface area contributed by atoms with Crippen LogP contribution in [0.3, 0.4) is 0 Å². The highest BCUT2D eigenvalue weighted by Crippen LogP contribution is 2.26. The summed E-state index contributed by atoms with van der Waals surface area (Å²) in [7, 11) is 0. The van der Waals surface area contributed by atoms with Crippen LogP contribution in [0.5, 0.6) is 23.0 Å². The standard InChI is InChI=1S/C15H18O7.C8H10O3.C6H12O5/c16-7-14-13(6-10(17)8-21-14)22-15(20)4-2-9-1-3-11(18)12(19)5-9;9-4-3-6-1-2-7(10)8(11)5-6;1-2-3(7)4(8)5(9)6(10)11-2/h1-5,10,13-14,16-19H,6-8H2;1-2,5,9-11H,3-4H2;2-10H,1H3/b4-2+;;/t10?,13?,14-;;2?,3-,4?,5?,6+/m0.1/s1. The fraction of sp³-hybridized carbons (Fsp3) is 0.483. The number of aliphatic hydroxyl groups excluding tert-OH is 7. The average Bonchev–Trinajstić information content (AvgIpc) is 2.98. The molecule has 2 fully saturated rings. The molecule has 0 spiro atoms. The third-order valence-corrected chi connectivity index (χ3v) is 6.55. The van der Waals surface area contributed by atoms with Gasteiger partial charge in [0.15, 0.2) is 29.3 Å². The summed E-state index contributed by atoms with van der Waals surface area (Å²) in [6, 6.07) is 8.61. The summed E-state index contributed by atoms with van der Waals surface area (Å²) in [6.45, 7) is 1.34. The van der Waals surface area contributed by atoms with Gasteiger partial charge in [-0.1, -0.05) is 12.1 Å². The van der Waals surface area contributed by atoms with Crippen molar-refractivity contribution in [1.29, 1.82) is 0 Å². The molecule has 2 saturated heterocycles. The van der Waals surface area contributed by atoms with Crippen molar-refractivity contribution in [3.8, 4) is 23.0 Å². The van der Waals surface area contributed by atoms with E-state index in [1.165, 1.54) is 43.3 Å². The Hall–Kier alpha value is -3.51. The number of phenolic OH excluding ortho intramolecular Hbond substituents is 4. The summed E-state index contributed by atoms with van der Waals surface area (Å²) in [4.78, 5) is 11.8. The summed E-state index contributed by atoms with van der Waals surface area (Å²) in [5, 5.41) is 99.6. The number of aromatic hydroxyl groups is 4. The predicted octanol–water partition coefficient (Wildman–Crippen LogP) is -1.40. The van der Waals surface area contributed by atoms with E-state index in [0.29, 0.717) is 12.0 Å². The topological polar surface area (TPSA) is 267 Å². The quantitative estimate of drug-likeness (QED) is 0.0998. The number of rotatable bonds is 6. The van der Waals surface area contributed by atoms with Gasteiger partial charge in [0.1, 0.15) is 30.5 Å². The molecule has 11 N–H and O–H groups in total. The van der Waals surface area contributed by atoms with Crippen molar-refractivity contribution in [3.63, 3.8) is 0 Å². The number of aliphatic hydroxyl groups is 7. The number of carbonyl (C=O) groups excluding carboxylic acids is 1. The van der Waals surface area contributed by atoms with Crippen LogP contribution in [0, 0.1) is 0 Å². The summed E-state index contributed by atoms with van der Waals surface area (Å²) in [5.41, 5.74) is 1.31. The molecule has 0 bridgehead atoms. The zero-order valence-corrected chi connectivity index (χ0v) is 23.8. The molecule has 246 valence electrons. The number of carbonyl (C=O) groups is 1. The molecule has 0 saturated carbocycles. The van der Waals surface area contributed by atoms with E-state index in [-0.39, 0.29) is 49.2 Å². The fourth-order valence-electron chi connectivity index (χ4n) is 4.00. The first-order valence-electron chi connectivity index (χ1n) is 13.6. The van der Waals surface area contributed by atoms with Gasteiger partial charge in [-0.3, -0.25) is 0 Å². The van der Waals surface area contributed by atoms with E-state index in [0.717, 1.165) is 11.6 Å². The van der Waals surface area contributed by atoms with Crippen LogP contribution in [0.15, 0.2) is 42.5 Å². The second-order valence-electron chi connectivity index (χ2n) is 10.0. The van der Waals surface area contributed by atoms with Gasteiger partial charge in [-0.15, -0.1) is 0 Å². The van der Waals surface area contributed by atoms with Gasteiger partial charge in [0.2, 0.25) is 0 Å². The van der Waals surface area contributed by atoms with Gasteiger partial charge in [-0.05, 0) is 54.8 Å². The van der Waals surface area contributed by atoms with Crippen molar-refractivity contribution < 1.29 is 75.2 Å². The van der Waals surface area contributed by atoms with Crippen LogP contribution < -0.4 is 0 Å². The lowest BCUT2D eigenvalue weighted by Gasteiger charge is -2.36. The monoisotopic (exact) mass is 628 g/mol. The highest BCUT2D eigenvalue weighted by molar-refractivity contribution is 5.87.